The van der Waals surface area contributed by atoms with Gasteiger partial charge >= 0.3 is 0 Å². The lowest BCUT2D eigenvalue weighted by atomic mass is 10.1. The molecule has 0 saturated carbocycles. The smallest absolute Gasteiger partial charge is 0.233 e. The molecule has 1 aromatic heterocycles. The van der Waals surface area contributed by atoms with Crippen LogP contribution in [0.5, 0.6) is 5.88 Å². The van der Waals surface area contributed by atoms with Gasteiger partial charge in [-0.1, -0.05) is 30.3 Å². The number of hydrogen-bond acceptors (Lipinski definition) is 6. The van der Waals surface area contributed by atoms with E-state index in [-0.39, 0.29) is 12.6 Å². The van der Waals surface area contributed by atoms with Crippen LogP contribution < -0.4 is 9.64 Å². The number of hydrogen-bond donors (Lipinski definition) is 1. The molecule has 1 aliphatic heterocycles. The molecule has 0 spiro atoms. The summed E-state index contributed by atoms with van der Waals surface area (Å²) in [4.78, 5) is 8.79. The van der Waals surface area contributed by atoms with Gasteiger partial charge in [0, 0.05) is 45.0 Å². The Hall–Kier alpha value is -2.62. The maximum absolute atomic E-state index is 9.55. The maximum Gasteiger partial charge on any atom is 0.233 e. The molecule has 1 aromatic carbocycles. The number of methoxy groups -OCH3 is 1. The number of nitrogens with zero attached hydrogens (tertiary/aromatic N) is 4. The van der Waals surface area contributed by atoms with Crippen molar-refractivity contribution in [1.29, 1.82) is 5.26 Å². The number of rotatable bonds is 7. The fraction of sp³-hybridized carbons (Fsp3) is 0.429. The van der Waals surface area contributed by atoms with Crippen molar-refractivity contribution in [2.45, 2.75) is 18.9 Å². The fourth-order valence-corrected chi connectivity index (χ4v) is 3.70. The molecule has 6 heteroatoms. The van der Waals surface area contributed by atoms with Crippen molar-refractivity contribution in [3.63, 3.8) is 0 Å². The van der Waals surface area contributed by atoms with Crippen LogP contribution in [0.1, 0.15) is 17.5 Å². The Labute approximate surface area is 160 Å². The SMILES string of the molecule is COc1nccc(N2CCN(CCc3ccccc3)[C@H](CCO)C2)c1C#N. The first-order valence-electron chi connectivity index (χ1n) is 9.33. The van der Waals surface area contributed by atoms with E-state index in [2.05, 4.69) is 45.1 Å². The number of nitriles is 1. The molecule has 1 aliphatic rings. The van der Waals surface area contributed by atoms with Gasteiger partial charge in [0.25, 0.3) is 0 Å². The molecule has 0 unspecified atom stereocenters. The highest BCUT2D eigenvalue weighted by molar-refractivity contribution is 5.63. The quantitative estimate of drug-likeness (QED) is 0.809. The normalized spacial score (nSPS) is 17.5. The second-order valence-corrected chi connectivity index (χ2v) is 6.71. The average Bonchev–Trinajstić information content (AvgIpc) is 2.73. The molecule has 1 N–H and O–H groups in total. The standard InChI is InChI=1S/C21H26N4O2/c1-27-21-19(15-22)20(7-10-23-21)25-13-12-24(18(16-25)9-14-26)11-8-17-5-3-2-4-6-17/h2-7,10,18,26H,8-9,11-14,16H2,1H3/t18-/m1/s1. The minimum Gasteiger partial charge on any atom is -0.480 e. The first kappa shape index (κ1) is 19.2. The summed E-state index contributed by atoms with van der Waals surface area (Å²) in [5.41, 5.74) is 2.66. The second-order valence-electron chi connectivity index (χ2n) is 6.71. The zero-order chi connectivity index (χ0) is 19.1. The number of aromatic nitrogens is 1. The van der Waals surface area contributed by atoms with Gasteiger partial charge in [0.2, 0.25) is 5.88 Å². The van der Waals surface area contributed by atoms with Crippen LogP contribution in [0.4, 0.5) is 5.69 Å². The van der Waals surface area contributed by atoms with Gasteiger partial charge in [-0.15, -0.1) is 0 Å². The molecule has 1 fully saturated rings. The lowest BCUT2D eigenvalue weighted by Gasteiger charge is -2.42. The molecule has 0 bridgehead atoms. The molecule has 0 radical (unpaired) electrons. The van der Waals surface area contributed by atoms with E-state index in [0.29, 0.717) is 11.4 Å². The van der Waals surface area contributed by atoms with E-state index < -0.39 is 0 Å². The summed E-state index contributed by atoms with van der Waals surface area (Å²) in [5.74, 6) is 0.361. The molecular weight excluding hydrogens is 340 g/mol. The fourth-order valence-electron chi connectivity index (χ4n) is 3.70. The van der Waals surface area contributed by atoms with Gasteiger partial charge in [0.05, 0.1) is 12.8 Å². The highest BCUT2D eigenvalue weighted by Gasteiger charge is 2.28. The Morgan fingerprint density at radius 3 is 2.78 bits per heavy atom. The van der Waals surface area contributed by atoms with E-state index in [9.17, 15) is 10.4 Å². The predicted molar refractivity (Wildman–Crippen MR) is 105 cm³/mol. The molecule has 6 nitrogen and oxygen atoms in total. The van der Waals surface area contributed by atoms with Gasteiger partial charge in [-0.05, 0) is 24.5 Å². The summed E-state index contributed by atoms with van der Waals surface area (Å²) in [7, 11) is 1.53. The van der Waals surface area contributed by atoms with Gasteiger partial charge in [0.15, 0.2) is 0 Å². The van der Waals surface area contributed by atoms with Crippen LogP contribution in [-0.4, -0.2) is 60.9 Å². The lowest BCUT2D eigenvalue weighted by molar-refractivity contribution is 0.143. The van der Waals surface area contributed by atoms with Crippen molar-refractivity contribution in [1.82, 2.24) is 9.88 Å². The van der Waals surface area contributed by atoms with E-state index in [0.717, 1.165) is 44.7 Å². The van der Waals surface area contributed by atoms with Crippen molar-refractivity contribution in [2.24, 2.45) is 0 Å². The van der Waals surface area contributed by atoms with Crippen LogP contribution in [0.25, 0.3) is 0 Å². The third-order valence-electron chi connectivity index (χ3n) is 5.14. The minimum atomic E-state index is 0.158. The van der Waals surface area contributed by atoms with Crippen LogP contribution in [-0.2, 0) is 6.42 Å². The number of anilines is 1. The van der Waals surface area contributed by atoms with E-state index in [1.165, 1.54) is 12.7 Å². The van der Waals surface area contributed by atoms with E-state index in [1.807, 2.05) is 12.1 Å². The summed E-state index contributed by atoms with van der Waals surface area (Å²) >= 11 is 0. The second kappa shape index (κ2) is 9.36. The van der Waals surface area contributed by atoms with Gasteiger partial charge in [-0.2, -0.15) is 5.26 Å². The number of ether oxygens (including phenoxy) is 1. The Balaban J connectivity index is 1.71. The molecule has 0 aliphatic carbocycles. The number of aliphatic hydroxyl groups excluding tert-OH is 1. The van der Waals surface area contributed by atoms with Crippen LogP contribution in [0, 0.1) is 11.3 Å². The summed E-state index contributed by atoms with van der Waals surface area (Å²) in [6, 6.07) is 14.8. The third kappa shape index (κ3) is 4.57. The molecule has 27 heavy (non-hydrogen) atoms. The van der Waals surface area contributed by atoms with Crippen LogP contribution in [0.15, 0.2) is 42.6 Å². The van der Waals surface area contributed by atoms with Crippen LogP contribution in [0.3, 0.4) is 0 Å². The van der Waals surface area contributed by atoms with E-state index >= 15 is 0 Å². The third-order valence-corrected chi connectivity index (χ3v) is 5.14. The monoisotopic (exact) mass is 366 g/mol. The summed E-state index contributed by atoms with van der Waals surface area (Å²) in [5, 5.41) is 19.1. The van der Waals surface area contributed by atoms with Crippen LogP contribution in [0.2, 0.25) is 0 Å². The Morgan fingerprint density at radius 1 is 1.26 bits per heavy atom. The average molecular weight is 366 g/mol. The maximum atomic E-state index is 9.55. The molecule has 2 aromatic rings. The first-order valence-corrected chi connectivity index (χ1v) is 9.33. The van der Waals surface area contributed by atoms with Gasteiger partial charge in [-0.3, -0.25) is 4.90 Å². The largest absolute Gasteiger partial charge is 0.480 e. The van der Waals surface area contributed by atoms with Crippen molar-refractivity contribution in [2.75, 3.05) is 44.8 Å². The molecular formula is C21H26N4O2. The van der Waals surface area contributed by atoms with Crippen LogP contribution >= 0.6 is 0 Å². The zero-order valence-electron chi connectivity index (χ0n) is 15.7. The van der Waals surface area contributed by atoms with Crippen molar-refractivity contribution < 1.29 is 9.84 Å². The first-order chi connectivity index (χ1) is 13.3. The number of benzene rings is 1. The van der Waals surface area contributed by atoms with E-state index in [1.54, 1.807) is 6.20 Å². The molecule has 3 rings (SSSR count). The van der Waals surface area contributed by atoms with Crippen molar-refractivity contribution in [3.8, 4) is 11.9 Å². The molecule has 0 amide bonds. The molecule has 1 atom stereocenters. The molecule has 142 valence electrons. The zero-order valence-corrected chi connectivity index (χ0v) is 15.7. The highest BCUT2D eigenvalue weighted by atomic mass is 16.5. The predicted octanol–water partition coefficient (Wildman–Crippen LogP) is 2.08. The highest BCUT2D eigenvalue weighted by Crippen LogP contribution is 2.28. The molecule has 1 saturated heterocycles. The topological polar surface area (TPSA) is 72.6 Å². The van der Waals surface area contributed by atoms with Crippen molar-refractivity contribution in [3.05, 3.63) is 53.7 Å². The van der Waals surface area contributed by atoms with Gasteiger partial charge < -0.3 is 14.7 Å². The summed E-state index contributed by atoms with van der Waals surface area (Å²) in [6.45, 7) is 3.63. The molecule has 2 heterocycles. The number of piperazine rings is 1. The summed E-state index contributed by atoms with van der Waals surface area (Å²) in [6.07, 6.45) is 3.39. The Morgan fingerprint density at radius 2 is 2.07 bits per heavy atom. The number of aliphatic hydroxyl groups is 1. The van der Waals surface area contributed by atoms with E-state index in [4.69, 9.17) is 4.74 Å². The number of pyridine rings is 1. The Kier molecular flexibility index (Phi) is 6.64. The van der Waals surface area contributed by atoms with Gasteiger partial charge in [0.1, 0.15) is 11.6 Å². The minimum absolute atomic E-state index is 0.158. The lowest BCUT2D eigenvalue weighted by Crippen LogP contribution is -2.54. The van der Waals surface area contributed by atoms with Crippen molar-refractivity contribution >= 4 is 5.69 Å². The summed E-state index contributed by atoms with van der Waals surface area (Å²) < 4.78 is 5.24. The Bertz CT molecular complexity index is 775. The van der Waals surface area contributed by atoms with Gasteiger partial charge in [-0.25, -0.2) is 4.98 Å².